The lowest BCUT2D eigenvalue weighted by Gasteiger charge is -2.25. The van der Waals surface area contributed by atoms with Gasteiger partial charge in [-0.05, 0) is 25.5 Å². The molecule has 7 heteroatoms. The fraction of sp³-hybridized carbons (Fsp3) is 0.455. The van der Waals surface area contributed by atoms with Crippen LogP contribution in [0.4, 0.5) is 17.6 Å². The molecule has 0 bridgehead atoms. The van der Waals surface area contributed by atoms with Crippen LogP contribution in [0.3, 0.4) is 0 Å². The van der Waals surface area contributed by atoms with Gasteiger partial charge in [0.25, 0.3) is 0 Å². The molecule has 1 unspecified atom stereocenters. The van der Waals surface area contributed by atoms with E-state index in [0.717, 1.165) is 19.1 Å². The maximum atomic E-state index is 13.2. The van der Waals surface area contributed by atoms with Crippen LogP contribution in [-0.2, 0) is 5.60 Å². The van der Waals surface area contributed by atoms with Crippen molar-refractivity contribution in [3.05, 3.63) is 33.6 Å². The summed E-state index contributed by atoms with van der Waals surface area (Å²) in [7, 11) is 0. The zero-order valence-electron chi connectivity index (χ0n) is 9.28. The number of halogens is 6. The average molecular weight is 305 g/mol. The molecule has 1 aromatic rings. The number of alkyl halides is 3. The Kier molecular flexibility index (Phi) is 4.51. The summed E-state index contributed by atoms with van der Waals surface area (Å²) in [5, 5.41) is 9.62. The minimum Gasteiger partial charge on any atom is -0.385 e. The largest absolute Gasteiger partial charge is 0.389 e. The van der Waals surface area contributed by atoms with E-state index < -0.39 is 30.4 Å². The van der Waals surface area contributed by atoms with E-state index >= 15 is 0 Å². The van der Waals surface area contributed by atoms with E-state index in [1.807, 2.05) is 0 Å². The van der Waals surface area contributed by atoms with E-state index in [1.165, 1.54) is 0 Å². The van der Waals surface area contributed by atoms with Crippen molar-refractivity contribution in [3.8, 4) is 0 Å². The number of rotatable bonds is 3. The van der Waals surface area contributed by atoms with Crippen molar-refractivity contribution >= 4 is 23.2 Å². The van der Waals surface area contributed by atoms with Crippen molar-refractivity contribution in [1.29, 1.82) is 0 Å². The minimum absolute atomic E-state index is 0.0754. The van der Waals surface area contributed by atoms with E-state index in [1.54, 1.807) is 0 Å². The molecule has 1 rings (SSSR count). The summed E-state index contributed by atoms with van der Waals surface area (Å²) in [6, 6.07) is 1.90. The van der Waals surface area contributed by atoms with Gasteiger partial charge in [0.15, 0.2) is 0 Å². The summed E-state index contributed by atoms with van der Waals surface area (Å²) < 4.78 is 49.6. The van der Waals surface area contributed by atoms with Crippen molar-refractivity contribution in [2.75, 3.05) is 0 Å². The summed E-state index contributed by atoms with van der Waals surface area (Å²) >= 11 is 11.2. The second kappa shape index (κ2) is 5.23. The first-order valence-electron chi connectivity index (χ1n) is 4.97. The Labute approximate surface area is 111 Å². The maximum Gasteiger partial charge on any atom is 0.389 e. The molecule has 1 aromatic carbocycles. The molecule has 0 radical (unpaired) electrons. The molecule has 0 saturated heterocycles. The Balaban J connectivity index is 3.01. The lowest BCUT2D eigenvalue weighted by Crippen LogP contribution is -2.25. The van der Waals surface area contributed by atoms with E-state index in [9.17, 15) is 22.7 Å². The predicted molar refractivity (Wildman–Crippen MR) is 61.3 cm³/mol. The molecule has 1 nitrogen and oxygen atoms in total. The summed E-state index contributed by atoms with van der Waals surface area (Å²) in [4.78, 5) is 0. The van der Waals surface area contributed by atoms with Gasteiger partial charge in [-0.1, -0.05) is 23.2 Å². The number of hydrogen-bond donors (Lipinski definition) is 1. The van der Waals surface area contributed by atoms with Gasteiger partial charge in [0.05, 0.1) is 10.6 Å². The van der Waals surface area contributed by atoms with Crippen LogP contribution < -0.4 is 0 Å². The lowest BCUT2D eigenvalue weighted by atomic mass is 9.91. The molecular formula is C11H10Cl2F4O. The van der Waals surface area contributed by atoms with Crippen LogP contribution in [0.2, 0.25) is 10.0 Å². The van der Waals surface area contributed by atoms with Crippen molar-refractivity contribution in [2.24, 2.45) is 0 Å². The molecule has 0 saturated carbocycles. The maximum absolute atomic E-state index is 13.2. The first-order valence-corrected chi connectivity index (χ1v) is 5.73. The van der Waals surface area contributed by atoms with Gasteiger partial charge in [0.2, 0.25) is 0 Å². The van der Waals surface area contributed by atoms with Crippen molar-refractivity contribution in [2.45, 2.75) is 31.5 Å². The third-order valence-electron chi connectivity index (χ3n) is 2.49. The Bertz CT molecular complexity index is 443. The third-order valence-corrected chi connectivity index (χ3v) is 3.09. The van der Waals surface area contributed by atoms with E-state index in [-0.39, 0.29) is 15.6 Å². The number of benzene rings is 1. The zero-order chi connectivity index (χ0) is 14.1. The summed E-state index contributed by atoms with van der Waals surface area (Å²) in [5.41, 5.74) is -1.99. The quantitative estimate of drug-likeness (QED) is 0.635. The first kappa shape index (κ1) is 15.5. The van der Waals surface area contributed by atoms with Crippen molar-refractivity contribution in [1.82, 2.24) is 0 Å². The van der Waals surface area contributed by atoms with Crippen molar-refractivity contribution < 1.29 is 22.7 Å². The molecule has 0 aliphatic rings. The van der Waals surface area contributed by atoms with Gasteiger partial charge in [0, 0.05) is 17.0 Å². The topological polar surface area (TPSA) is 20.2 Å². The Hall–Kier alpha value is -0.520. The number of aliphatic hydroxyl groups is 1. The molecule has 0 aromatic heterocycles. The molecule has 0 heterocycles. The molecule has 1 N–H and O–H groups in total. The summed E-state index contributed by atoms with van der Waals surface area (Å²) in [6.45, 7) is 1.15. The zero-order valence-corrected chi connectivity index (χ0v) is 10.8. The highest BCUT2D eigenvalue weighted by Crippen LogP contribution is 2.37. The monoisotopic (exact) mass is 304 g/mol. The molecular weight excluding hydrogens is 295 g/mol. The fourth-order valence-corrected chi connectivity index (χ4v) is 2.04. The van der Waals surface area contributed by atoms with E-state index in [2.05, 4.69) is 0 Å². The molecule has 102 valence electrons. The Morgan fingerprint density at radius 1 is 1.11 bits per heavy atom. The van der Waals surface area contributed by atoms with Gasteiger partial charge >= 0.3 is 6.18 Å². The second-order valence-corrected chi connectivity index (χ2v) is 4.95. The van der Waals surface area contributed by atoms with Gasteiger partial charge in [-0.25, -0.2) is 4.39 Å². The van der Waals surface area contributed by atoms with Crippen LogP contribution >= 0.6 is 23.2 Å². The SMILES string of the molecule is CC(O)(CCC(F)(F)F)c1cc(F)c(Cl)cc1Cl. The molecule has 0 aliphatic carbocycles. The molecule has 1 atom stereocenters. The van der Waals surface area contributed by atoms with Gasteiger partial charge in [0.1, 0.15) is 5.82 Å². The highest BCUT2D eigenvalue weighted by molar-refractivity contribution is 6.35. The van der Waals surface area contributed by atoms with E-state index in [4.69, 9.17) is 23.2 Å². The Morgan fingerprint density at radius 3 is 2.17 bits per heavy atom. The smallest absolute Gasteiger partial charge is 0.385 e. The molecule has 0 aliphatic heterocycles. The summed E-state index contributed by atoms with van der Waals surface area (Å²) in [5.74, 6) is -0.844. The molecule has 0 fully saturated rings. The molecule has 0 amide bonds. The van der Waals surface area contributed by atoms with E-state index in [0.29, 0.717) is 0 Å². The van der Waals surface area contributed by atoms with Crippen LogP contribution in [0, 0.1) is 5.82 Å². The van der Waals surface area contributed by atoms with Gasteiger partial charge in [-0.3, -0.25) is 0 Å². The molecule has 0 spiro atoms. The van der Waals surface area contributed by atoms with Crippen molar-refractivity contribution in [3.63, 3.8) is 0 Å². The Morgan fingerprint density at radius 2 is 1.67 bits per heavy atom. The second-order valence-electron chi connectivity index (χ2n) is 4.14. The van der Waals surface area contributed by atoms with Gasteiger partial charge < -0.3 is 5.11 Å². The van der Waals surface area contributed by atoms with Crippen LogP contribution in [0.25, 0.3) is 0 Å². The highest BCUT2D eigenvalue weighted by atomic mass is 35.5. The van der Waals surface area contributed by atoms with Crippen LogP contribution in [0.15, 0.2) is 12.1 Å². The third kappa shape index (κ3) is 4.00. The highest BCUT2D eigenvalue weighted by Gasteiger charge is 2.34. The summed E-state index contributed by atoms with van der Waals surface area (Å²) in [6.07, 6.45) is -6.21. The van der Waals surface area contributed by atoms with Gasteiger partial charge in [-0.2, -0.15) is 13.2 Å². The van der Waals surface area contributed by atoms with Crippen LogP contribution in [0.1, 0.15) is 25.3 Å². The molecule has 18 heavy (non-hydrogen) atoms. The average Bonchev–Trinajstić information content (AvgIpc) is 2.19. The van der Waals surface area contributed by atoms with Gasteiger partial charge in [-0.15, -0.1) is 0 Å². The first-order chi connectivity index (χ1) is 8.03. The normalized spacial score (nSPS) is 15.6. The predicted octanol–water partition coefficient (Wildman–Crippen LogP) is 4.68. The van der Waals surface area contributed by atoms with Crippen LogP contribution in [0.5, 0.6) is 0 Å². The fourth-order valence-electron chi connectivity index (χ4n) is 1.46. The number of hydrogen-bond acceptors (Lipinski definition) is 1. The standard InChI is InChI=1S/C11H10Cl2F4O/c1-10(18,2-3-11(15,16)17)6-4-9(14)8(13)5-7(6)12/h4-5,18H,2-3H2,1H3. The minimum atomic E-state index is -4.40. The van der Waals surface area contributed by atoms with Crippen LogP contribution in [-0.4, -0.2) is 11.3 Å². The lowest BCUT2D eigenvalue weighted by molar-refractivity contribution is -0.146.